The van der Waals surface area contributed by atoms with E-state index in [2.05, 4.69) is 9.97 Å². The minimum Gasteiger partial charge on any atom is -0.296 e. The number of pyridine rings is 1. The van der Waals surface area contributed by atoms with Crippen LogP contribution in [0.15, 0.2) is 35.7 Å². The number of hydrogen-bond acceptors (Lipinski definition) is 5. The molecule has 0 radical (unpaired) electrons. The molecule has 6 nitrogen and oxygen atoms in total. The van der Waals surface area contributed by atoms with Gasteiger partial charge in [-0.05, 0) is 12.1 Å². The molecule has 0 aliphatic rings. The first kappa shape index (κ1) is 20.7. The van der Waals surface area contributed by atoms with E-state index in [1.165, 1.54) is 6.92 Å². The lowest BCUT2D eigenvalue weighted by molar-refractivity contribution is -0.138. The molecule has 0 N–H and O–H groups in total. The third kappa shape index (κ3) is 3.33. The van der Waals surface area contributed by atoms with Crippen molar-refractivity contribution in [2.24, 2.45) is 0 Å². The third-order valence-corrected chi connectivity index (χ3v) is 7.04. The highest BCUT2D eigenvalue weighted by Gasteiger charge is 2.35. The fourth-order valence-corrected chi connectivity index (χ4v) is 4.83. The third-order valence-electron chi connectivity index (χ3n) is 4.25. The van der Waals surface area contributed by atoms with Crippen LogP contribution < -0.4 is 0 Å². The van der Waals surface area contributed by atoms with Crippen LogP contribution in [0.25, 0.3) is 22.0 Å². The van der Waals surface area contributed by atoms with Crippen molar-refractivity contribution in [3.05, 3.63) is 41.2 Å². The Hall–Kier alpha value is -2.61. The van der Waals surface area contributed by atoms with Crippen molar-refractivity contribution < 1.29 is 34.8 Å². The minimum absolute atomic E-state index is 0.0646. The Bertz CT molecular complexity index is 1350. The van der Waals surface area contributed by atoms with E-state index in [-0.39, 0.29) is 22.0 Å². The summed E-state index contributed by atoms with van der Waals surface area (Å²) in [6, 6.07) is 1.77. The molecule has 30 heavy (non-hydrogen) atoms. The Morgan fingerprint density at radius 3 is 2.27 bits per heavy atom. The van der Waals surface area contributed by atoms with Crippen LogP contribution in [0.2, 0.25) is 0 Å². The van der Waals surface area contributed by atoms with Gasteiger partial charge >= 0.3 is 12.4 Å². The standard InChI is InChI=1S/C16H10F6N4O2S2/c1-2-30(27,28)13-12(24-11-4-3-8(5-26(11)13)15(17,18)19)9-6-25-7-10(16(20,21)22)29-14(25)23-9/h3-7H,2H2,1H3. The van der Waals surface area contributed by atoms with Gasteiger partial charge in [0, 0.05) is 18.6 Å². The Morgan fingerprint density at radius 1 is 1.00 bits per heavy atom. The number of hydrogen-bond donors (Lipinski definition) is 0. The van der Waals surface area contributed by atoms with Gasteiger partial charge in [0.1, 0.15) is 21.9 Å². The highest BCUT2D eigenvalue weighted by Crippen LogP contribution is 2.37. The van der Waals surface area contributed by atoms with Crippen molar-refractivity contribution in [1.29, 1.82) is 0 Å². The number of aromatic nitrogens is 4. The SMILES string of the molecule is CCS(=O)(=O)c1c(-c2cn3cc(C(F)(F)F)sc3n2)nc2ccc(C(F)(F)F)cn12. The number of rotatable bonds is 3. The van der Waals surface area contributed by atoms with Crippen molar-refractivity contribution in [3.8, 4) is 11.4 Å². The molecule has 0 atom stereocenters. The lowest BCUT2D eigenvalue weighted by Crippen LogP contribution is -2.11. The topological polar surface area (TPSA) is 68.7 Å². The van der Waals surface area contributed by atoms with Crippen LogP contribution >= 0.6 is 11.3 Å². The zero-order valence-corrected chi connectivity index (χ0v) is 16.4. The normalized spacial score (nSPS) is 13.6. The Labute approximate surface area is 168 Å². The second kappa shape index (κ2) is 6.44. The van der Waals surface area contributed by atoms with E-state index >= 15 is 0 Å². The van der Waals surface area contributed by atoms with Gasteiger partial charge in [0.15, 0.2) is 19.8 Å². The Morgan fingerprint density at radius 2 is 1.70 bits per heavy atom. The molecule has 4 heterocycles. The molecule has 4 rings (SSSR count). The van der Waals surface area contributed by atoms with Crippen LogP contribution in [0.4, 0.5) is 26.3 Å². The average molecular weight is 468 g/mol. The second-order valence-corrected chi connectivity index (χ2v) is 9.42. The summed E-state index contributed by atoms with van der Waals surface area (Å²) in [6.07, 6.45) is -6.71. The molecule has 0 spiro atoms. The first-order valence-electron chi connectivity index (χ1n) is 8.19. The smallest absolute Gasteiger partial charge is 0.296 e. The summed E-state index contributed by atoms with van der Waals surface area (Å²) in [7, 11) is -4.07. The molecule has 0 bridgehead atoms. The molecule has 0 aromatic carbocycles. The van der Waals surface area contributed by atoms with Crippen LogP contribution in [-0.4, -0.2) is 32.9 Å². The van der Waals surface area contributed by atoms with Gasteiger partial charge in [-0.1, -0.05) is 18.3 Å². The number of alkyl halides is 6. The van der Waals surface area contributed by atoms with Crippen molar-refractivity contribution in [3.63, 3.8) is 0 Å². The molecule has 0 aliphatic carbocycles. The van der Waals surface area contributed by atoms with Gasteiger partial charge in [0.2, 0.25) is 0 Å². The van der Waals surface area contributed by atoms with E-state index in [4.69, 9.17) is 0 Å². The fraction of sp³-hybridized carbons (Fsp3) is 0.250. The first-order valence-corrected chi connectivity index (χ1v) is 10.7. The number of imidazole rings is 2. The van der Waals surface area contributed by atoms with Crippen molar-refractivity contribution in [2.45, 2.75) is 24.3 Å². The maximum atomic E-state index is 13.1. The van der Waals surface area contributed by atoms with Crippen molar-refractivity contribution in [1.82, 2.24) is 18.8 Å². The highest BCUT2D eigenvalue weighted by molar-refractivity contribution is 7.91. The molecule has 0 unspecified atom stereocenters. The van der Waals surface area contributed by atoms with Gasteiger partial charge in [0.25, 0.3) is 0 Å². The molecule has 160 valence electrons. The first-order chi connectivity index (χ1) is 13.8. The van der Waals surface area contributed by atoms with Crippen LogP contribution in [0.1, 0.15) is 17.4 Å². The van der Waals surface area contributed by atoms with E-state index in [0.717, 1.165) is 33.3 Å². The number of fused-ring (bicyclic) bond motifs is 2. The predicted molar refractivity (Wildman–Crippen MR) is 95.0 cm³/mol. The summed E-state index contributed by atoms with van der Waals surface area (Å²) in [6.45, 7) is 1.31. The number of nitrogens with zero attached hydrogens (tertiary/aromatic N) is 4. The maximum Gasteiger partial charge on any atom is 0.427 e. The van der Waals surface area contributed by atoms with Crippen LogP contribution in [0, 0.1) is 0 Å². The summed E-state index contributed by atoms with van der Waals surface area (Å²) in [5.74, 6) is -0.426. The highest BCUT2D eigenvalue weighted by atomic mass is 32.2. The van der Waals surface area contributed by atoms with Gasteiger partial charge in [-0.15, -0.1) is 0 Å². The summed E-state index contributed by atoms with van der Waals surface area (Å²) in [5, 5.41) is -0.507. The number of sulfone groups is 1. The quantitative estimate of drug-likeness (QED) is 0.414. The fourth-order valence-electron chi connectivity index (χ4n) is 2.83. The molecular formula is C16H10F6N4O2S2. The van der Waals surface area contributed by atoms with Crippen molar-refractivity contribution >= 4 is 31.8 Å². The maximum absolute atomic E-state index is 13.1. The monoisotopic (exact) mass is 468 g/mol. The predicted octanol–water partition coefficient (Wildman–Crippen LogP) is 4.54. The van der Waals surface area contributed by atoms with E-state index in [1.54, 1.807) is 0 Å². The van der Waals surface area contributed by atoms with Gasteiger partial charge < -0.3 is 0 Å². The zero-order chi connectivity index (χ0) is 22.1. The van der Waals surface area contributed by atoms with Gasteiger partial charge in [-0.2, -0.15) is 26.3 Å². The van der Waals surface area contributed by atoms with E-state index in [0.29, 0.717) is 17.5 Å². The van der Waals surface area contributed by atoms with E-state index < -0.39 is 43.4 Å². The largest absolute Gasteiger partial charge is 0.427 e. The van der Waals surface area contributed by atoms with E-state index in [9.17, 15) is 34.8 Å². The summed E-state index contributed by atoms with van der Waals surface area (Å²) in [5.41, 5.74) is -1.45. The summed E-state index contributed by atoms with van der Waals surface area (Å²) < 4.78 is 105. The molecule has 0 fully saturated rings. The van der Waals surface area contributed by atoms with Crippen LogP contribution in [0.5, 0.6) is 0 Å². The minimum atomic E-state index is -4.71. The van der Waals surface area contributed by atoms with E-state index in [1.807, 2.05) is 0 Å². The number of thiazole rings is 1. The van der Waals surface area contributed by atoms with Gasteiger partial charge in [-0.3, -0.25) is 8.80 Å². The molecule has 4 aromatic heterocycles. The van der Waals surface area contributed by atoms with Crippen LogP contribution in [-0.2, 0) is 22.2 Å². The van der Waals surface area contributed by atoms with Crippen LogP contribution in [0.3, 0.4) is 0 Å². The average Bonchev–Trinajstić information content (AvgIpc) is 3.30. The zero-order valence-electron chi connectivity index (χ0n) is 14.8. The summed E-state index contributed by atoms with van der Waals surface area (Å²) in [4.78, 5) is 7.14. The molecule has 14 heteroatoms. The Kier molecular flexibility index (Phi) is 4.44. The number of halogens is 6. The van der Waals surface area contributed by atoms with Gasteiger partial charge in [-0.25, -0.2) is 18.4 Å². The second-order valence-electron chi connectivity index (χ2n) is 6.22. The molecular weight excluding hydrogens is 458 g/mol. The molecule has 0 saturated carbocycles. The summed E-state index contributed by atoms with van der Waals surface area (Å²) >= 11 is 0.346. The van der Waals surface area contributed by atoms with Gasteiger partial charge in [0.05, 0.1) is 11.3 Å². The lowest BCUT2D eigenvalue weighted by atomic mass is 10.3. The van der Waals surface area contributed by atoms with Crippen molar-refractivity contribution in [2.75, 3.05) is 5.75 Å². The Balaban J connectivity index is 1.97. The molecule has 0 aliphatic heterocycles. The molecule has 4 aromatic rings. The molecule has 0 saturated heterocycles. The lowest BCUT2D eigenvalue weighted by Gasteiger charge is -2.08. The molecule has 0 amide bonds.